The van der Waals surface area contributed by atoms with Crippen LogP contribution in [0.25, 0.3) is 6.08 Å². The maximum Gasteiger partial charge on any atom is 0.247 e. The van der Waals surface area contributed by atoms with Gasteiger partial charge in [0, 0.05) is 74.2 Å². The van der Waals surface area contributed by atoms with Gasteiger partial charge in [-0.2, -0.15) is 0 Å². The van der Waals surface area contributed by atoms with Gasteiger partial charge in [-0.15, -0.1) is 0 Å². The summed E-state index contributed by atoms with van der Waals surface area (Å²) >= 11 is 0. The van der Waals surface area contributed by atoms with Crippen LogP contribution in [0.15, 0.2) is 67.0 Å². The second-order valence-electron chi connectivity index (χ2n) is 11.9. The molecule has 2 aromatic carbocycles. The third-order valence-electron chi connectivity index (χ3n) is 9.18. The summed E-state index contributed by atoms with van der Waals surface area (Å²) in [5.41, 5.74) is 3.14. The fourth-order valence-electron chi connectivity index (χ4n) is 6.81. The van der Waals surface area contributed by atoms with Crippen LogP contribution in [0.4, 0.5) is 24.5 Å². The van der Waals surface area contributed by atoms with E-state index in [-0.39, 0.29) is 22.9 Å². The molecule has 0 radical (unpaired) electrons. The molecule has 3 aromatic rings. The number of aromatic nitrogens is 1. The molecule has 0 N–H and O–H groups in total. The van der Waals surface area contributed by atoms with Crippen LogP contribution in [0.5, 0.6) is 0 Å². The highest BCUT2D eigenvalue weighted by molar-refractivity contribution is 5.92. The number of rotatable bonds is 8. The third kappa shape index (κ3) is 5.62. The number of amides is 1. The molecular weight excluding hydrogens is 525 g/mol. The molecule has 2 saturated carbocycles. The Morgan fingerprint density at radius 1 is 0.951 bits per heavy atom. The summed E-state index contributed by atoms with van der Waals surface area (Å²) in [6.45, 7) is 2.61. The molecule has 1 aromatic heterocycles. The predicted octanol–water partition coefficient (Wildman–Crippen LogP) is 6.72. The predicted molar refractivity (Wildman–Crippen MR) is 154 cm³/mol. The summed E-state index contributed by atoms with van der Waals surface area (Å²) < 4.78 is 41.4. The van der Waals surface area contributed by atoms with Crippen molar-refractivity contribution in [2.45, 2.75) is 57.2 Å². The fourth-order valence-corrected chi connectivity index (χ4v) is 6.81. The lowest BCUT2D eigenvalue weighted by Crippen LogP contribution is -2.68. The normalized spacial score (nSPS) is 18.9. The first-order chi connectivity index (χ1) is 19.8. The van der Waals surface area contributed by atoms with E-state index in [0.717, 1.165) is 61.0 Å². The van der Waals surface area contributed by atoms with Gasteiger partial charge in [-0.3, -0.25) is 14.7 Å². The quantitative estimate of drug-likeness (QED) is 0.227. The first kappa shape index (κ1) is 27.5. The van der Waals surface area contributed by atoms with E-state index in [1.54, 1.807) is 12.4 Å². The smallest absolute Gasteiger partial charge is 0.247 e. The minimum absolute atomic E-state index is 0.0758. The molecule has 0 atom stereocenters. The van der Waals surface area contributed by atoms with E-state index in [1.807, 2.05) is 48.3 Å². The molecule has 0 unspecified atom stereocenters. The van der Waals surface area contributed by atoms with Crippen LogP contribution in [-0.4, -0.2) is 52.9 Å². The molecule has 3 aliphatic rings. The Hall–Kier alpha value is -3.65. The number of halogens is 3. The highest BCUT2D eigenvalue weighted by Gasteiger charge is 2.55. The molecule has 3 fully saturated rings. The molecule has 5 nitrogen and oxygen atoms in total. The van der Waals surface area contributed by atoms with Gasteiger partial charge in [-0.25, -0.2) is 13.2 Å². The number of anilines is 2. The van der Waals surface area contributed by atoms with Crippen LogP contribution < -0.4 is 4.90 Å². The van der Waals surface area contributed by atoms with Crippen LogP contribution in [0.1, 0.15) is 49.7 Å². The molecule has 8 heteroatoms. The molecule has 1 spiro atoms. The summed E-state index contributed by atoms with van der Waals surface area (Å²) in [7, 11) is 1.99. The average Bonchev–Trinajstić information content (AvgIpc) is 3.48. The lowest BCUT2D eigenvalue weighted by Gasteiger charge is -2.62. The van der Waals surface area contributed by atoms with Crippen LogP contribution in [-0.2, 0) is 11.3 Å². The minimum Gasteiger partial charge on any atom is -0.345 e. The Kier molecular flexibility index (Phi) is 7.60. The zero-order chi connectivity index (χ0) is 28.6. The van der Waals surface area contributed by atoms with Gasteiger partial charge in [0.25, 0.3) is 0 Å². The molecule has 6 rings (SSSR count). The van der Waals surface area contributed by atoms with E-state index in [2.05, 4.69) is 14.8 Å². The largest absolute Gasteiger partial charge is 0.345 e. The van der Waals surface area contributed by atoms with Crippen molar-refractivity contribution in [2.75, 3.05) is 25.0 Å². The van der Waals surface area contributed by atoms with E-state index >= 15 is 0 Å². The minimum atomic E-state index is -1.54. The van der Waals surface area contributed by atoms with Gasteiger partial charge in [0.15, 0.2) is 17.5 Å². The van der Waals surface area contributed by atoms with Crippen LogP contribution >= 0.6 is 0 Å². The molecular formula is C33H35F3N4O. The highest BCUT2D eigenvalue weighted by Crippen LogP contribution is 2.52. The molecule has 0 bridgehead atoms. The van der Waals surface area contributed by atoms with Gasteiger partial charge >= 0.3 is 0 Å². The standard InChI is InChI=1S/C33H35F3N4O/c1-38(26-14-16-37-17-15-26)25-10-6-23(7-11-25)20-40(30(41)13-9-24-8-12-29(34)32(36)31(24)35)28-18-33(19-28)21-39(22-33)27-4-2-3-5-27/h6-17,27-28H,2-5,18-22H2,1H3/b13-9+. The SMILES string of the molecule is CN(c1ccncc1)c1ccc(CN(C(=O)/C=C/c2ccc(F)c(F)c2F)C2CC3(C2)CN(C2CCCC2)C3)cc1. The first-order valence-electron chi connectivity index (χ1n) is 14.4. The molecule has 2 aliphatic carbocycles. The number of carbonyl (C=O) groups excluding carboxylic acids is 1. The van der Waals surface area contributed by atoms with E-state index < -0.39 is 17.5 Å². The molecule has 2 heterocycles. The van der Waals surface area contributed by atoms with Gasteiger partial charge < -0.3 is 9.80 Å². The summed E-state index contributed by atoms with van der Waals surface area (Å²) in [5, 5.41) is 0. The Labute approximate surface area is 239 Å². The van der Waals surface area contributed by atoms with Crippen LogP contribution in [0.2, 0.25) is 0 Å². The van der Waals surface area contributed by atoms with E-state index in [9.17, 15) is 18.0 Å². The van der Waals surface area contributed by atoms with Crippen molar-refractivity contribution in [3.05, 3.63) is 95.6 Å². The Morgan fingerprint density at radius 3 is 2.29 bits per heavy atom. The number of carbonyl (C=O) groups is 1. The molecule has 41 heavy (non-hydrogen) atoms. The van der Waals surface area contributed by atoms with Crippen molar-refractivity contribution >= 4 is 23.4 Å². The number of pyridine rings is 1. The summed E-state index contributed by atoms with van der Waals surface area (Å²) in [6.07, 6.45) is 13.1. The highest BCUT2D eigenvalue weighted by atomic mass is 19.2. The van der Waals surface area contributed by atoms with Crippen molar-refractivity contribution in [1.82, 2.24) is 14.8 Å². The second-order valence-corrected chi connectivity index (χ2v) is 11.9. The number of likely N-dealkylation sites (tertiary alicyclic amines) is 1. The van der Waals surface area contributed by atoms with Gasteiger partial charge in [0.2, 0.25) is 5.91 Å². The van der Waals surface area contributed by atoms with Gasteiger partial charge in [-0.05, 0) is 79.1 Å². The average molecular weight is 561 g/mol. The van der Waals surface area contributed by atoms with Gasteiger partial charge in [0.1, 0.15) is 0 Å². The second kappa shape index (κ2) is 11.3. The molecule has 214 valence electrons. The molecule has 1 aliphatic heterocycles. The van der Waals surface area contributed by atoms with Gasteiger partial charge in [-0.1, -0.05) is 25.0 Å². The van der Waals surface area contributed by atoms with E-state index in [1.165, 1.54) is 37.8 Å². The summed E-state index contributed by atoms with van der Waals surface area (Å²) in [5.74, 6) is -4.35. The molecule has 1 saturated heterocycles. The maximum absolute atomic E-state index is 14.2. The van der Waals surface area contributed by atoms with E-state index in [0.29, 0.717) is 6.54 Å². The van der Waals surface area contributed by atoms with Crippen molar-refractivity contribution in [3.63, 3.8) is 0 Å². The third-order valence-corrected chi connectivity index (χ3v) is 9.18. The van der Waals surface area contributed by atoms with Crippen LogP contribution in [0.3, 0.4) is 0 Å². The van der Waals surface area contributed by atoms with Crippen LogP contribution in [0, 0.1) is 22.9 Å². The number of hydrogen-bond acceptors (Lipinski definition) is 4. The molecule has 1 amide bonds. The maximum atomic E-state index is 14.2. The van der Waals surface area contributed by atoms with Gasteiger partial charge in [0.05, 0.1) is 0 Å². The first-order valence-corrected chi connectivity index (χ1v) is 14.4. The van der Waals surface area contributed by atoms with Crippen molar-refractivity contribution in [3.8, 4) is 0 Å². The number of nitrogens with zero attached hydrogens (tertiary/aromatic N) is 4. The van der Waals surface area contributed by atoms with Crippen molar-refractivity contribution in [2.24, 2.45) is 5.41 Å². The lowest BCUT2D eigenvalue weighted by molar-refractivity contribution is -0.149. The van der Waals surface area contributed by atoms with E-state index in [4.69, 9.17) is 0 Å². The fraction of sp³-hybridized carbons (Fsp3) is 0.394. The zero-order valence-electron chi connectivity index (χ0n) is 23.3. The Morgan fingerprint density at radius 2 is 1.61 bits per heavy atom. The Balaban J connectivity index is 1.17. The topological polar surface area (TPSA) is 39.7 Å². The van der Waals surface area contributed by atoms with Crippen molar-refractivity contribution in [1.29, 1.82) is 0 Å². The monoisotopic (exact) mass is 560 g/mol. The van der Waals surface area contributed by atoms with Crippen molar-refractivity contribution < 1.29 is 18.0 Å². The summed E-state index contributed by atoms with van der Waals surface area (Å²) in [6, 6.07) is 14.8. The number of benzene rings is 2. The summed E-state index contributed by atoms with van der Waals surface area (Å²) in [4.78, 5) is 24.1. The lowest BCUT2D eigenvalue weighted by atomic mass is 9.59. The number of hydrogen-bond donors (Lipinski definition) is 0. The Bertz CT molecular complexity index is 1410. The zero-order valence-corrected chi connectivity index (χ0v) is 23.3.